The van der Waals surface area contributed by atoms with Crippen molar-refractivity contribution in [2.24, 2.45) is 0 Å². The summed E-state index contributed by atoms with van der Waals surface area (Å²) < 4.78 is 51.9. The van der Waals surface area contributed by atoms with E-state index in [-0.39, 0.29) is 42.5 Å². The third-order valence-electron chi connectivity index (χ3n) is 7.42. The summed E-state index contributed by atoms with van der Waals surface area (Å²) in [4.78, 5) is 40.8. The van der Waals surface area contributed by atoms with Gasteiger partial charge in [-0.3, -0.25) is 19.3 Å². The number of benzene rings is 2. The zero-order valence-electron chi connectivity index (χ0n) is 22.2. The Kier molecular flexibility index (Phi) is 7.51. The number of rotatable bonds is 5. The monoisotopic (exact) mass is 601 g/mol. The van der Waals surface area contributed by atoms with Crippen molar-refractivity contribution < 1.29 is 42.4 Å². The average Bonchev–Trinajstić information content (AvgIpc) is 3.17. The van der Waals surface area contributed by atoms with Crippen LogP contribution >= 0.6 is 11.8 Å². The van der Waals surface area contributed by atoms with Gasteiger partial charge < -0.3 is 29.0 Å². The lowest BCUT2D eigenvalue weighted by molar-refractivity contribution is -0.0819. The lowest BCUT2D eigenvalue weighted by atomic mass is 9.93. The summed E-state index contributed by atoms with van der Waals surface area (Å²) in [7, 11) is 1.11. The highest BCUT2D eigenvalue weighted by molar-refractivity contribution is 7.98. The molecule has 3 aliphatic heterocycles. The Labute approximate surface area is 242 Å². The van der Waals surface area contributed by atoms with E-state index >= 15 is 4.39 Å². The Morgan fingerprint density at radius 3 is 2.74 bits per heavy atom. The van der Waals surface area contributed by atoms with Gasteiger partial charge in [-0.1, -0.05) is 24.3 Å². The first-order valence-electron chi connectivity index (χ1n) is 12.9. The SMILES string of the molecule is COC(=O)OCOc1c2n(ccc1=O)N([C@@H]1c3ccccc3SCc3c1ccc(F)c3F)[C@@H]1COC(CO)CN1C2=O. The number of fused-ring (bicyclic) bond motifs is 4. The number of methoxy groups -OCH3 is 1. The van der Waals surface area contributed by atoms with Crippen LogP contribution in [0.25, 0.3) is 0 Å². The van der Waals surface area contributed by atoms with E-state index in [1.54, 1.807) is 5.01 Å². The molecule has 3 aromatic rings. The maximum Gasteiger partial charge on any atom is 0.510 e. The number of amides is 1. The van der Waals surface area contributed by atoms with Crippen molar-refractivity contribution in [2.75, 3.05) is 38.7 Å². The minimum atomic E-state index is -1.05. The minimum Gasteiger partial charge on any atom is -0.451 e. The molecule has 42 heavy (non-hydrogen) atoms. The molecule has 1 aromatic heterocycles. The first-order chi connectivity index (χ1) is 20.3. The smallest absolute Gasteiger partial charge is 0.451 e. The normalized spacial score (nSPS) is 21.0. The molecule has 0 aliphatic carbocycles. The van der Waals surface area contributed by atoms with Crippen LogP contribution in [-0.4, -0.2) is 72.7 Å². The summed E-state index contributed by atoms with van der Waals surface area (Å²) in [6, 6.07) is 10.4. The van der Waals surface area contributed by atoms with Crippen molar-refractivity contribution >= 4 is 23.8 Å². The predicted molar refractivity (Wildman–Crippen MR) is 144 cm³/mol. The highest BCUT2D eigenvalue weighted by Gasteiger charge is 2.47. The quantitative estimate of drug-likeness (QED) is 0.345. The third-order valence-corrected chi connectivity index (χ3v) is 8.54. The van der Waals surface area contributed by atoms with E-state index in [0.29, 0.717) is 5.56 Å². The van der Waals surface area contributed by atoms with E-state index in [2.05, 4.69) is 4.74 Å². The second-order valence-electron chi connectivity index (χ2n) is 9.68. The Morgan fingerprint density at radius 2 is 1.95 bits per heavy atom. The number of carbonyl (C=O) groups is 2. The average molecular weight is 602 g/mol. The van der Waals surface area contributed by atoms with Gasteiger partial charge in [0, 0.05) is 28.5 Å². The van der Waals surface area contributed by atoms with Gasteiger partial charge in [-0.05, 0) is 23.3 Å². The topological polar surface area (TPSA) is 120 Å². The van der Waals surface area contributed by atoms with Gasteiger partial charge >= 0.3 is 6.16 Å². The van der Waals surface area contributed by atoms with Gasteiger partial charge in [0.25, 0.3) is 5.91 Å². The van der Waals surface area contributed by atoms with Gasteiger partial charge in [0.05, 0.1) is 39.0 Å². The number of morpholine rings is 1. The van der Waals surface area contributed by atoms with Crippen LogP contribution in [0, 0.1) is 11.6 Å². The van der Waals surface area contributed by atoms with E-state index in [0.717, 1.165) is 23.6 Å². The summed E-state index contributed by atoms with van der Waals surface area (Å²) in [5.74, 6) is -2.76. The zero-order valence-corrected chi connectivity index (χ0v) is 23.0. The maximum absolute atomic E-state index is 15.3. The number of carbonyl (C=O) groups excluding carboxylic acids is 2. The number of aliphatic hydroxyl groups is 1. The van der Waals surface area contributed by atoms with Gasteiger partial charge in [-0.15, -0.1) is 11.8 Å². The molecule has 3 atom stereocenters. The lowest BCUT2D eigenvalue weighted by Crippen LogP contribution is -2.68. The molecule has 1 amide bonds. The van der Waals surface area contributed by atoms with E-state index in [1.165, 1.54) is 39.7 Å². The summed E-state index contributed by atoms with van der Waals surface area (Å²) in [5, 5.41) is 11.6. The number of aliphatic hydroxyl groups excluding tert-OH is 1. The number of aromatic nitrogens is 1. The Morgan fingerprint density at radius 1 is 1.14 bits per heavy atom. The lowest BCUT2D eigenvalue weighted by Gasteiger charge is -2.52. The molecule has 1 unspecified atom stereocenters. The van der Waals surface area contributed by atoms with Crippen LogP contribution in [0.5, 0.6) is 5.75 Å². The number of pyridine rings is 1. The highest BCUT2D eigenvalue weighted by Crippen LogP contribution is 2.45. The summed E-state index contributed by atoms with van der Waals surface area (Å²) in [5.41, 5.74) is 0.557. The van der Waals surface area contributed by atoms with Gasteiger partial charge in [-0.2, -0.15) is 0 Å². The van der Waals surface area contributed by atoms with Crippen molar-refractivity contribution in [1.82, 2.24) is 9.58 Å². The van der Waals surface area contributed by atoms with Crippen LogP contribution in [0.15, 0.2) is 58.4 Å². The van der Waals surface area contributed by atoms with Crippen molar-refractivity contribution in [1.29, 1.82) is 0 Å². The van der Waals surface area contributed by atoms with E-state index in [4.69, 9.17) is 14.2 Å². The Bertz CT molecular complexity index is 1620. The fourth-order valence-electron chi connectivity index (χ4n) is 5.51. The van der Waals surface area contributed by atoms with Crippen LogP contribution < -0.4 is 15.2 Å². The zero-order chi connectivity index (χ0) is 29.5. The predicted octanol–water partition coefficient (Wildman–Crippen LogP) is 2.75. The number of ether oxygens (including phenoxy) is 4. The number of halogens is 2. The second-order valence-corrected chi connectivity index (χ2v) is 10.7. The van der Waals surface area contributed by atoms with Crippen LogP contribution in [0.4, 0.5) is 13.6 Å². The first kappa shape index (κ1) is 28.0. The maximum atomic E-state index is 15.3. The van der Waals surface area contributed by atoms with Crippen LogP contribution in [0.2, 0.25) is 0 Å². The van der Waals surface area contributed by atoms with E-state index < -0.39 is 54.2 Å². The molecule has 0 radical (unpaired) electrons. The molecule has 0 bridgehead atoms. The molecule has 2 aromatic carbocycles. The van der Waals surface area contributed by atoms with Crippen LogP contribution in [-0.2, 0) is 20.0 Å². The van der Waals surface area contributed by atoms with Crippen molar-refractivity contribution in [3.63, 3.8) is 0 Å². The standard InChI is InChI=1S/C28H25F2N3O8S/c1-38-28(37)41-14-40-26-20(35)8-9-32-25(26)27(36)31-10-15(11-34)39-12-22(31)33(32)24-16-6-7-19(29)23(30)18(16)13-42-21-5-3-2-4-17(21)24/h2-9,15,22,24,34H,10-14H2,1H3/t15?,22-,24+/m1/s1. The van der Waals surface area contributed by atoms with E-state index in [1.807, 2.05) is 24.3 Å². The van der Waals surface area contributed by atoms with Crippen molar-refractivity contribution in [3.05, 3.63) is 92.9 Å². The summed E-state index contributed by atoms with van der Waals surface area (Å²) >= 11 is 1.36. The number of nitrogens with zero attached hydrogens (tertiary/aromatic N) is 3. The highest BCUT2D eigenvalue weighted by atomic mass is 32.2. The largest absolute Gasteiger partial charge is 0.510 e. The number of hydrogen-bond acceptors (Lipinski definition) is 10. The van der Waals surface area contributed by atoms with Gasteiger partial charge in [0.1, 0.15) is 6.17 Å². The number of thioether (sulfide) groups is 1. The fraction of sp³-hybridized carbons (Fsp3) is 0.321. The molecule has 11 nitrogen and oxygen atoms in total. The Hall–Kier alpha value is -4.14. The molecule has 14 heteroatoms. The molecule has 1 N–H and O–H groups in total. The molecule has 0 saturated carbocycles. The van der Waals surface area contributed by atoms with Crippen molar-refractivity contribution in [2.45, 2.75) is 29.0 Å². The van der Waals surface area contributed by atoms with Gasteiger partial charge in [0.2, 0.25) is 18.0 Å². The van der Waals surface area contributed by atoms with Gasteiger partial charge in [0.15, 0.2) is 17.3 Å². The van der Waals surface area contributed by atoms with E-state index in [9.17, 15) is 23.9 Å². The number of hydrogen-bond donors (Lipinski definition) is 1. The summed E-state index contributed by atoms with van der Waals surface area (Å²) in [6.45, 7) is -1.13. The molecular formula is C28H25F2N3O8S. The molecule has 3 aliphatic rings. The fourth-order valence-corrected chi connectivity index (χ4v) is 6.63. The molecule has 4 heterocycles. The molecule has 1 fully saturated rings. The second kappa shape index (κ2) is 11.3. The van der Waals surface area contributed by atoms with Crippen molar-refractivity contribution in [3.8, 4) is 5.75 Å². The first-order valence-corrected chi connectivity index (χ1v) is 13.9. The summed E-state index contributed by atoms with van der Waals surface area (Å²) in [6.07, 6.45) is -1.13. The minimum absolute atomic E-state index is 0.0224. The van der Waals surface area contributed by atoms with Crippen LogP contribution in [0.3, 0.4) is 0 Å². The molecule has 220 valence electrons. The van der Waals surface area contributed by atoms with Crippen LogP contribution in [0.1, 0.15) is 33.2 Å². The molecular weight excluding hydrogens is 576 g/mol. The Balaban J connectivity index is 1.58. The third kappa shape index (κ3) is 4.64. The van der Waals surface area contributed by atoms with Gasteiger partial charge in [-0.25, -0.2) is 13.6 Å². The molecule has 1 saturated heterocycles. The molecule has 0 spiro atoms. The molecule has 6 rings (SSSR count).